The topological polar surface area (TPSA) is 0 Å². The molecule has 0 saturated carbocycles. The number of hydrogen-bond donors (Lipinski definition) is 0. The van der Waals surface area contributed by atoms with Gasteiger partial charge >= 0.3 is 105 Å². The van der Waals surface area contributed by atoms with Crippen molar-refractivity contribution in [2.75, 3.05) is 0 Å². The molecule has 6 aromatic carbocycles. The van der Waals surface area contributed by atoms with Crippen LogP contribution in [0, 0.1) is 36.4 Å². The summed E-state index contributed by atoms with van der Waals surface area (Å²) < 4.78 is 0. The van der Waals surface area contributed by atoms with E-state index in [-0.39, 0.29) is 204 Å². The van der Waals surface area contributed by atoms with E-state index in [0.29, 0.717) is 0 Å². The molecule has 0 aromatic heterocycles. The summed E-state index contributed by atoms with van der Waals surface area (Å²) >= 11 is 0. The molecular weight excluding hydrogens is 1770 g/mol. The summed E-state index contributed by atoms with van der Waals surface area (Å²) in [6.45, 7) is 0. The minimum atomic E-state index is 0. The molecule has 3 aliphatic carbocycles. The van der Waals surface area contributed by atoms with Crippen LogP contribution in [0.1, 0.15) is 0 Å². The molecule has 0 nitrogen and oxygen atoms in total. The fraction of sp³-hybridized carbons (Fsp3) is 0. The number of benzene rings is 6. The van der Waals surface area contributed by atoms with E-state index < -0.39 is 0 Å². The molecule has 0 atom stereocenters. The second-order valence-corrected chi connectivity index (χ2v) is 9.46. The molecule has 0 saturated heterocycles. The van der Waals surface area contributed by atoms with E-state index in [9.17, 15) is 0 Å². The first-order valence-corrected chi connectivity index (χ1v) is 16.9. The van der Waals surface area contributed by atoms with Crippen LogP contribution in [0.15, 0.2) is 289 Å². The molecule has 66 heavy (non-hydrogen) atoms. The number of hydrogen-bond acceptors (Lipinski definition) is 0. The predicted molar refractivity (Wildman–Crippen MR) is 251 cm³/mol. The van der Waals surface area contributed by atoms with Gasteiger partial charge in [-0.25, -0.2) is 0 Å². The van der Waals surface area contributed by atoms with Crippen molar-refractivity contribution in [1.29, 1.82) is 0 Å². The number of halogens is 8. The van der Waals surface area contributed by atoms with Gasteiger partial charge in [-0.15, -0.1) is 34.4 Å². The summed E-state index contributed by atoms with van der Waals surface area (Å²) in [5.74, 6) is 0. The van der Waals surface area contributed by atoms with Crippen molar-refractivity contribution in [2.24, 2.45) is 0 Å². The van der Waals surface area contributed by atoms with Crippen molar-refractivity contribution < 1.29 is 99.3 Å². The van der Waals surface area contributed by atoms with Gasteiger partial charge < -0.3 is 99.3 Å². The number of allylic oxidation sites excluding steroid dienone is 6. The molecule has 0 heterocycles. The van der Waals surface area contributed by atoms with E-state index in [1.165, 1.54) is 0 Å². The van der Waals surface area contributed by atoms with Crippen LogP contribution in [0.25, 0.3) is 0 Å². The first-order chi connectivity index (χ1) is 27.0. The molecule has 0 N–H and O–H groups in total. The third-order valence-electron chi connectivity index (χ3n) is 5.30. The van der Waals surface area contributed by atoms with Crippen molar-refractivity contribution in [3.63, 3.8) is 0 Å². The first kappa shape index (κ1) is 94.2. The van der Waals surface area contributed by atoms with Gasteiger partial charge in [-0.05, 0) is 109 Å². The molecular formula is C54H42Bi4Cl8. The van der Waals surface area contributed by atoms with E-state index in [0.717, 1.165) is 0 Å². The monoisotopic (exact) mass is 1810 g/mol. The Morgan fingerprint density at radius 2 is 0.227 bits per heavy atom. The fourth-order valence-electron chi connectivity index (χ4n) is 2.96. The van der Waals surface area contributed by atoms with E-state index in [4.69, 9.17) is 0 Å². The van der Waals surface area contributed by atoms with Crippen molar-refractivity contribution >= 4 is 105 Å². The summed E-state index contributed by atoms with van der Waals surface area (Å²) in [7, 11) is 0. The van der Waals surface area contributed by atoms with Crippen molar-refractivity contribution in [3.05, 3.63) is 326 Å². The fourth-order valence-corrected chi connectivity index (χ4v) is 2.96. The maximum atomic E-state index is 2.89. The van der Waals surface area contributed by atoms with Crippen LogP contribution in [0.4, 0.5) is 0 Å². The first-order valence-electron chi connectivity index (χ1n) is 16.9. The van der Waals surface area contributed by atoms with E-state index in [2.05, 4.69) is 70.8 Å². The average molecular weight is 1810 g/mol. The SMILES string of the molecule is C1=CC=C=CC=1.C1=CC=C=CC=1.C1=CC=C=CC=1.[Bi+2].[Bi+2].[Bi+2].[Bi+2].[Cl-].[Cl-].[Cl-].[Cl-].[Cl-].[Cl-].[Cl-].[Cl-].[c]1ccccc1.[c]1ccccc1.[c]1ccccc1.[c]1ccccc1.[c]1ccccc1.[c]1ccccc1. The van der Waals surface area contributed by atoms with Crippen molar-refractivity contribution in [1.82, 2.24) is 0 Å². The van der Waals surface area contributed by atoms with Crippen LogP contribution in [-0.4, -0.2) is 105 Å². The summed E-state index contributed by atoms with van der Waals surface area (Å²) in [6, 6.07) is 75.0. The molecule has 0 fully saturated rings. The van der Waals surface area contributed by atoms with Crippen LogP contribution in [-0.2, 0) is 0 Å². The molecule has 18 radical (unpaired) electrons. The minimum Gasteiger partial charge on any atom is -1.00 e. The molecule has 0 amide bonds. The molecule has 9 rings (SSSR count). The molecule has 12 heteroatoms. The largest absolute Gasteiger partial charge is 2.00 e. The quantitative estimate of drug-likeness (QED) is 0.105. The van der Waals surface area contributed by atoms with Crippen molar-refractivity contribution in [2.45, 2.75) is 0 Å². The van der Waals surface area contributed by atoms with E-state index in [1.54, 1.807) is 0 Å². The third kappa shape index (κ3) is 85.6. The van der Waals surface area contributed by atoms with E-state index in [1.807, 2.05) is 255 Å². The van der Waals surface area contributed by atoms with Crippen LogP contribution in [0.3, 0.4) is 0 Å². The third-order valence-corrected chi connectivity index (χ3v) is 5.30. The van der Waals surface area contributed by atoms with E-state index >= 15 is 0 Å². The summed E-state index contributed by atoms with van der Waals surface area (Å²) in [5.41, 5.74) is 17.2. The molecule has 0 aliphatic heterocycles. The van der Waals surface area contributed by atoms with Gasteiger partial charge in [-0.2, -0.15) is 0 Å². The van der Waals surface area contributed by atoms with Gasteiger partial charge in [-0.1, -0.05) is 182 Å². The smallest absolute Gasteiger partial charge is 1.00 e. The molecule has 0 spiro atoms. The Morgan fingerprint density at radius 1 is 0.136 bits per heavy atom. The van der Waals surface area contributed by atoms with Gasteiger partial charge in [0.25, 0.3) is 0 Å². The van der Waals surface area contributed by atoms with Gasteiger partial charge in [0.2, 0.25) is 0 Å². The van der Waals surface area contributed by atoms with Gasteiger partial charge in [-0.3, -0.25) is 0 Å². The maximum Gasteiger partial charge on any atom is 2.00 e. The molecule has 334 valence electrons. The molecule has 3 aliphatic rings. The van der Waals surface area contributed by atoms with Crippen molar-refractivity contribution in [3.8, 4) is 0 Å². The summed E-state index contributed by atoms with van der Waals surface area (Å²) in [5, 5.41) is 0. The zero-order chi connectivity index (χ0) is 38.2. The van der Waals surface area contributed by atoms with Crippen LogP contribution < -0.4 is 99.3 Å². The summed E-state index contributed by atoms with van der Waals surface area (Å²) in [6.07, 6.45) is 21.8. The second-order valence-electron chi connectivity index (χ2n) is 9.46. The van der Waals surface area contributed by atoms with Crippen LogP contribution >= 0.6 is 0 Å². The Kier molecular flexibility index (Phi) is 128. The molecule has 0 bridgehead atoms. The zero-order valence-corrected chi connectivity index (χ0v) is 55.0. The summed E-state index contributed by atoms with van der Waals surface area (Å²) in [4.78, 5) is 0. The minimum absolute atomic E-state index is 0. The second kappa shape index (κ2) is 89.8. The van der Waals surface area contributed by atoms with Crippen LogP contribution in [0.2, 0.25) is 0 Å². The molecule has 6 aromatic rings. The van der Waals surface area contributed by atoms with Gasteiger partial charge in [0.1, 0.15) is 0 Å². The average Bonchev–Trinajstić information content (AvgIpc) is 3.33. The maximum absolute atomic E-state index is 2.89. The normalized spacial score (nSPS) is 8.00. The zero-order valence-electron chi connectivity index (χ0n) is 35.1. The Hall–Kier alpha value is -1.71. The van der Waals surface area contributed by atoms with Crippen LogP contribution in [0.5, 0.6) is 0 Å². The van der Waals surface area contributed by atoms with Gasteiger partial charge in [0, 0.05) is 0 Å². The Bertz CT molecular complexity index is 1480. The number of rotatable bonds is 0. The Labute approximate surface area is 522 Å². The Morgan fingerprint density at radius 3 is 0.258 bits per heavy atom. The predicted octanol–water partition coefficient (Wildman–Crippen LogP) is -12.3. The molecule has 0 unspecified atom stereocenters. The standard InChI is InChI=1S/6C6H5.3C6H4.4Bi.8ClH/c9*1-2-4-6-5-3-1;;;;;;;;;;;;/h6*1-5H;3*1-2,5-6H;;;;;8*1H/q;;;;;;;;;4*+2;;;;;;;;/p-8. The Balaban J connectivity index is -0.0000000486. The van der Waals surface area contributed by atoms with Gasteiger partial charge in [0.15, 0.2) is 0 Å². The van der Waals surface area contributed by atoms with Gasteiger partial charge in [0.05, 0.1) is 0 Å².